The first-order valence-corrected chi connectivity index (χ1v) is 7.93. The van der Waals surface area contributed by atoms with Gasteiger partial charge in [0.25, 0.3) is 0 Å². The second-order valence-electron chi connectivity index (χ2n) is 5.43. The standard InChI is InChI=1S/C13H17BrF3NOS/c1-12(2,3)20(19)18-11(8-13(15,16)17)9-5-4-6-10(14)7-9/h4-7,11,18H,8H2,1-3H3/t11-,20-/m1/s1. The Bertz CT molecular complexity index is 448. The van der Waals surface area contributed by atoms with Crippen LogP contribution in [0.1, 0.15) is 38.8 Å². The number of hydrogen-bond acceptors (Lipinski definition) is 2. The van der Waals surface area contributed by atoms with E-state index in [1.54, 1.807) is 45.0 Å². The highest BCUT2D eigenvalue weighted by Gasteiger charge is 2.37. The molecule has 0 fully saturated rings. The summed E-state index contributed by atoms with van der Waals surface area (Å²) in [6, 6.07) is 5.55. The van der Waals surface area contributed by atoms with Crippen LogP contribution in [0, 0.1) is 0 Å². The van der Waals surface area contributed by atoms with E-state index in [-0.39, 0.29) is 0 Å². The van der Waals surface area contributed by atoms with E-state index in [1.807, 2.05) is 0 Å². The fourth-order valence-corrected chi connectivity index (χ4v) is 2.74. The first kappa shape index (κ1) is 17.8. The molecule has 114 valence electrons. The molecular weight excluding hydrogens is 355 g/mol. The van der Waals surface area contributed by atoms with Crippen LogP contribution in [-0.4, -0.2) is 15.5 Å². The highest BCUT2D eigenvalue weighted by atomic mass is 79.9. The van der Waals surface area contributed by atoms with Crippen molar-refractivity contribution in [1.29, 1.82) is 0 Å². The van der Waals surface area contributed by atoms with Crippen LogP contribution in [0.3, 0.4) is 0 Å². The lowest BCUT2D eigenvalue weighted by atomic mass is 10.0. The Morgan fingerprint density at radius 1 is 1.30 bits per heavy atom. The Balaban J connectivity index is 2.97. The lowest BCUT2D eigenvalue weighted by molar-refractivity contribution is -0.139. The molecule has 1 rings (SSSR count). The predicted molar refractivity (Wildman–Crippen MR) is 78.6 cm³/mol. The van der Waals surface area contributed by atoms with Gasteiger partial charge in [-0.25, -0.2) is 0 Å². The van der Waals surface area contributed by atoms with Gasteiger partial charge in [-0.05, 0) is 38.5 Å². The minimum absolute atomic E-state index is 0.453. The smallest absolute Gasteiger partial charge is 0.391 e. The zero-order valence-corrected chi connectivity index (χ0v) is 13.8. The van der Waals surface area contributed by atoms with Crippen LogP contribution in [0.4, 0.5) is 13.2 Å². The van der Waals surface area contributed by atoms with Crippen LogP contribution in [0.25, 0.3) is 0 Å². The van der Waals surface area contributed by atoms with Crippen molar-refractivity contribution < 1.29 is 17.7 Å². The van der Waals surface area contributed by atoms with Crippen LogP contribution in [0.2, 0.25) is 0 Å². The Kier molecular flexibility index (Phi) is 5.95. The molecule has 0 spiro atoms. The van der Waals surface area contributed by atoms with Crippen molar-refractivity contribution in [3.63, 3.8) is 0 Å². The fraction of sp³-hybridized carbons (Fsp3) is 0.538. The van der Waals surface area contributed by atoms with Crippen LogP contribution < -0.4 is 4.72 Å². The third-order valence-electron chi connectivity index (χ3n) is 2.49. The van der Waals surface area contributed by atoms with Crippen molar-refractivity contribution in [1.82, 2.24) is 4.72 Å². The lowest BCUT2D eigenvalue weighted by Crippen LogP contribution is -2.42. The molecule has 0 amide bonds. The molecule has 0 unspecified atom stereocenters. The molecule has 0 heterocycles. The monoisotopic (exact) mass is 371 g/mol. The fourth-order valence-electron chi connectivity index (χ4n) is 1.49. The summed E-state index contributed by atoms with van der Waals surface area (Å²) < 4.78 is 52.7. The number of hydrogen-bond donors (Lipinski definition) is 1. The van der Waals surface area contributed by atoms with E-state index in [0.29, 0.717) is 10.0 Å². The molecule has 1 aromatic rings. The summed E-state index contributed by atoms with van der Waals surface area (Å²) >= 11 is 1.66. The molecule has 7 heteroatoms. The lowest BCUT2D eigenvalue weighted by Gasteiger charge is -2.28. The zero-order chi connectivity index (χ0) is 15.6. The summed E-state index contributed by atoms with van der Waals surface area (Å²) in [6.45, 7) is 5.13. The molecule has 0 saturated carbocycles. The van der Waals surface area contributed by atoms with E-state index in [0.717, 1.165) is 0 Å². The van der Waals surface area contributed by atoms with Gasteiger partial charge in [-0.2, -0.15) is 13.2 Å². The van der Waals surface area contributed by atoms with Gasteiger partial charge in [0.15, 0.2) is 0 Å². The molecule has 0 aliphatic heterocycles. The summed E-state index contributed by atoms with van der Waals surface area (Å²) in [7, 11) is 0. The molecule has 20 heavy (non-hydrogen) atoms. The number of nitrogens with one attached hydrogen (secondary N) is 1. The van der Waals surface area contributed by atoms with Crippen LogP contribution in [-0.2, 0) is 11.4 Å². The Hall–Kier alpha value is -0.240. The van der Waals surface area contributed by atoms with Crippen molar-refractivity contribution in [2.45, 2.75) is 44.2 Å². The molecule has 0 aliphatic rings. The third kappa shape index (κ3) is 6.03. The van der Waals surface area contributed by atoms with Gasteiger partial charge in [-0.1, -0.05) is 28.1 Å². The summed E-state index contributed by atoms with van der Waals surface area (Å²) in [5.41, 5.74) is 0.453. The minimum atomic E-state index is -4.33. The van der Waals surface area contributed by atoms with E-state index in [1.165, 1.54) is 0 Å². The number of alkyl halides is 3. The number of halogens is 4. The minimum Gasteiger partial charge on any atom is -0.598 e. The van der Waals surface area contributed by atoms with Crippen LogP contribution in [0.15, 0.2) is 28.7 Å². The highest BCUT2D eigenvalue weighted by molar-refractivity contribution is 9.10. The molecule has 0 bridgehead atoms. The quantitative estimate of drug-likeness (QED) is 0.791. The van der Waals surface area contributed by atoms with Crippen LogP contribution in [0.5, 0.6) is 0 Å². The largest absolute Gasteiger partial charge is 0.598 e. The molecule has 1 N–H and O–H groups in total. The Labute approximate surface area is 128 Å². The van der Waals surface area contributed by atoms with E-state index in [4.69, 9.17) is 0 Å². The van der Waals surface area contributed by atoms with E-state index < -0.39 is 34.7 Å². The second-order valence-corrected chi connectivity index (χ2v) is 8.34. The van der Waals surface area contributed by atoms with Crippen molar-refractivity contribution in [2.75, 3.05) is 0 Å². The maximum atomic E-state index is 12.7. The second kappa shape index (κ2) is 6.68. The Morgan fingerprint density at radius 2 is 1.90 bits per heavy atom. The summed E-state index contributed by atoms with van der Waals surface area (Å²) in [6.07, 6.45) is -5.40. The summed E-state index contributed by atoms with van der Waals surface area (Å²) in [5, 5.41) is 0. The highest BCUT2D eigenvalue weighted by Crippen LogP contribution is 2.32. The van der Waals surface area contributed by atoms with Gasteiger partial charge in [0.2, 0.25) is 0 Å². The summed E-state index contributed by atoms with van der Waals surface area (Å²) in [5.74, 6) is 0. The van der Waals surface area contributed by atoms with Crippen molar-refractivity contribution in [2.24, 2.45) is 0 Å². The van der Waals surface area contributed by atoms with Crippen LogP contribution >= 0.6 is 15.9 Å². The average molecular weight is 372 g/mol. The topological polar surface area (TPSA) is 35.1 Å². The van der Waals surface area contributed by atoms with Gasteiger partial charge in [0, 0.05) is 15.8 Å². The van der Waals surface area contributed by atoms with E-state index in [2.05, 4.69) is 20.7 Å². The average Bonchev–Trinajstić information content (AvgIpc) is 2.25. The van der Waals surface area contributed by atoms with Crippen molar-refractivity contribution in [3.8, 4) is 0 Å². The van der Waals surface area contributed by atoms with E-state index >= 15 is 0 Å². The van der Waals surface area contributed by atoms with Gasteiger partial charge in [0.1, 0.15) is 4.75 Å². The third-order valence-corrected chi connectivity index (χ3v) is 4.60. The van der Waals surface area contributed by atoms with Gasteiger partial charge < -0.3 is 4.55 Å². The Morgan fingerprint density at radius 3 is 2.35 bits per heavy atom. The molecule has 2 atom stereocenters. The first-order valence-electron chi connectivity index (χ1n) is 5.99. The zero-order valence-electron chi connectivity index (χ0n) is 11.4. The van der Waals surface area contributed by atoms with Gasteiger partial charge in [0.05, 0.1) is 12.5 Å². The number of rotatable bonds is 4. The first-order chi connectivity index (χ1) is 8.99. The maximum absolute atomic E-state index is 12.7. The molecule has 0 saturated heterocycles. The summed E-state index contributed by atoms with van der Waals surface area (Å²) in [4.78, 5) is 0. The van der Waals surface area contributed by atoms with Gasteiger partial charge >= 0.3 is 6.18 Å². The molecule has 0 aromatic heterocycles. The SMILES string of the molecule is CC(C)(C)[S@@+]([O-])N[C@H](CC(F)(F)F)c1cccc(Br)c1. The van der Waals surface area contributed by atoms with Crippen molar-refractivity contribution in [3.05, 3.63) is 34.3 Å². The molecule has 1 aromatic carbocycles. The molecule has 0 radical (unpaired) electrons. The van der Waals surface area contributed by atoms with E-state index in [9.17, 15) is 17.7 Å². The molecular formula is C13H17BrF3NOS. The number of benzene rings is 1. The van der Waals surface area contributed by atoms with Crippen molar-refractivity contribution >= 4 is 27.3 Å². The van der Waals surface area contributed by atoms with Gasteiger partial charge in [-0.15, -0.1) is 4.72 Å². The molecule has 2 nitrogen and oxygen atoms in total. The van der Waals surface area contributed by atoms with Gasteiger partial charge in [-0.3, -0.25) is 0 Å². The predicted octanol–water partition coefficient (Wildman–Crippen LogP) is 4.49. The molecule has 0 aliphatic carbocycles. The maximum Gasteiger partial charge on any atom is 0.391 e. The normalized spacial score (nSPS) is 16.0.